The Hall–Kier alpha value is -2.99. The Labute approximate surface area is 207 Å². The number of aromatic nitrogens is 1. The van der Waals surface area contributed by atoms with Gasteiger partial charge in [0.15, 0.2) is 0 Å². The van der Waals surface area contributed by atoms with Crippen molar-refractivity contribution in [1.29, 1.82) is 0 Å². The highest BCUT2D eigenvalue weighted by atomic mass is 32.2. The third kappa shape index (κ3) is 4.32. The summed E-state index contributed by atoms with van der Waals surface area (Å²) in [5.74, 6) is 0.649. The molecule has 0 spiro atoms. The number of furan rings is 1. The summed E-state index contributed by atoms with van der Waals surface area (Å²) in [5, 5.41) is 5.99. The minimum Gasteiger partial charge on any atom is -0.496 e. The minimum absolute atomic E-state index is 0.238. The highest BCUT2D eigenvalue weighted by Crippen LogP contribution is 2.36. The molecule has 0 unspecified atom stereocenters. The fourth-order valence-corrected chi connectivity index (χ4v) is 5.45. The molecule has 1 aromatic carbocycles. The van der Waals surface area contributed by atoms with Gasteiger partial charge in [-0.1, -0.05) is 54.0 Å². The smallest absolute Gasteiger partial charge is 0.263 e. The van der Waals surface area contributed by atoms with Gasteiger partial charge in [0.05, 0.1) is 16.9 Å². The lowest BCUT2D eigenvalue weighted by molar-refractivity contribution is -0.116. The van der Waals surface area contributed by atoms with E-state index in [0.29, 0.717) is 35.5 Å². The van der Waals surface area contributed by atoms with Gasteiger partial charge in [0, 0.05) is 35.0 Å². The van der Waals surface area contributed by atoms with E-state index < -0.39 is 0 Å². The van der Waals surface area contributed by atoms with E-state index >= 15 is 0 Å². The van der Waals surface area contributed by atoms with Crippen molar-refractivity contribution in [2.75, 3.05) is 7.11 Å². The average Bonchev–Trinajstić information content (AvgIpc) is 3.43. The molecule has 0 aliphatic carbocycles. The Morgan fingerprint density at radius 2 is 1.70 bits per heavy atom. The van der Waals surface area contributed by atoms with Crippen molar-refractivity contribution in [3.8, 4) is 16.9 Å². The minimum atomic E-state index is -0.245. The summed E-state index contributed by atoms with van der Waals surface area (Å²) < 4.78 is 12.4. The van der Waals surface area contributed by atoms with Gasteiger partial charge in [-0.05, 0) is 29.8 Å². The van der Waals surface area contributed by atoms with Gasteiger partial charge in [0.1, 0.15) is 25.7 Å². The molecule has 2 fully saturated rings. The Bertz CT molecular complexity index is 1440. The number of nitrogens with zero attached hydrogens (tertiary/aromatic N) is 1. The molecule has 5 rings (SSSR count). The van der Waals surface area contributed by atoms with E-state index in [1.54, 1.807) is 31.7 Å². The number of methoxy groups -OCH3 is 1. The van der Waals surface area contributed by atoms with Gasteiger partial charge in [-0.2, -0.15) is 0 Å². The second-order valence-corrected chi connectivity index (χ2v) is 10.4. The summed E-state index contributed by atoms with van der Waals surface area (Å²) in [6, 6.07) is 7.43. The lowest BCUT2D eigenvalue weighted by atomic mass is 10.0. The van der Waals surface area contributed by atoms with Crippen molar-refractivity contribution >= 4 is 91.5 Å². The zero-order valence-electron chi connectivity index (χ0n) is 16.8. The van der Waals surface area contributed by atoms with Crippen LogP contribution in [0.3, 0.4) is 0 Å². The molecule has 2 N–H and O–H groups in total. The molecule has 164 valence electrons. The summed E-state index contributed by atoms with van der Waals surface area (Å²) in [5.41, 5.74) is 2.93. The quantitative estimate of drug-likeness (QED) is 0.388. The number of pyridine rings is 1. The van der Waals surface area contributed by atoms with Crippen LogP contribution in [0.25, 0.3) is 34.2 Å². The van der Waals surface area contributed by atoms with Crippen LogP contribution in [0.1, 0.15) is 11.3 Å². The van der Waals surface area contributed by atoms with Gasteiger partial charge in [-0.15, -0.1) is 0 Å². The predicted molar refractivity (Wildman–Crippen MR) is 139 cm³/mol. The molecule has 2 aliphatic rings. The van der Waals surface area contributed by atoms with Gasteiger partial charge in [-0.3, -0.25) is 14.6 Å². The number of rotatable bonds is 4. The predicted octanol–water partition coefficient (Wildman–Crippen LogP) is 4.48. The van der Waals surface area contributed by atoms with Crippen LogP contribution >= 0.6 is 48.0 Å². The summed E-state index contributed by atoms with van der Waals surface area (Å²) in [6.07, 6.45) is 6.81. The Morgan fingerprint density at radius 3 is 2.33 bits per heavy atom. The van der Waals surface area contributed by atoms with Crippen LogP contribution in [0.2, 0.25) is 0 Å². The first-order valence-electron chi connectivity index (χ1n) is 9.47. The number of hydrogen-bond donors (Lipinski definition) is 2. The first-order valence-corrected chi connectivity index (χ1v) is 11.9. The van der Waals surface area contributed by atoms with E-state index in [4.69, 9.17) is 33.6 Å². The molecule has 2 saturated heterocycles. The number of thiocarbonyl (C=S) groups is 2. The van der Waals surface area contributed by atoms with Crippen LogP contribution < -0.4 is 15.4 Å². The first-order chi connectivity index (χ1) is 15.9. The van der Waals surface area contributed by atoms with Crippen molar-refractivity contribution in [2.24, 2.45) is 0 Å². The Balaban J connectivity index is 1.57. The number of ether oxygens (including phenoxy) is 1. The number of nitrogens with one attached hydrogen (secondary N) is 2. The van der Waals surface area contributed by atoms with E-state index in [0.717, 1.165) is 22.1 Å². The van der Waals surface area contributed by atoms with Crippen LogP contribution in [0.15, 0.2) is 50.9 Å². The van der Waals surface area contributed by atoms with Gasteiger partial charge >= 0.3 is 0 Å². The maximum absolute atomic E-state index is 12.1. The van der Waals surface area contributed by atoms with Crippen molar-refractivity contribution in [1.82, 2.24) is 15.6 Å². The fraction of sp³-hybridized carbons (Fsp3) is 0.0455. The molecular weight excluding hydrogens is 499 g/mol. The van der Waals surface area contributed by atoms with E-state index in [2.05, 4.69) is 15.6 Å². The molecule has 2 aromatic heterocycles. The standard InChI is InChI=1S/C22H13N3O4S4/c1-28-15-3-2-10(4-11(15)6-16-19(26)24-21(30)32-16)14-9-23-8-12-5-13(29-18(12)14)7-17-20(27)25-22(31)33-17/h2-9H,1H3,(H,24,26,30)(H,25,27,31)/b16-6+,17-7?. The molecule has 4 heterocycles. The number of carbonyl (C=O) groups excluding carboxylic acids is 2. The number of carbonyl (C=O) groups is 2. The van der Waals surface area contributed by atoms with Crippen LogP contribution in [0, 0.1) is 0 Å². The van der Waals surface area contributed by atoms with Crippen molar-refractivity contribution in [3.63, 3.8) is 0 Å². The second-order valence-electron chi connectivity index (χ2n) is 6.92. The zero-order chi connectivity index (χ0) is 23.1. The Morgan fingerprint density at radius 1 is 1.00 bits per heavy atom. The monoisotopic (exact) mass is 511 g/mol. The molecule has 0 atom stereocenters. The van der Waals surface area contributed by atoms with Crippen molar-refractivity contribution in [3.05, 3.63) is 57.8 Å². The lowest BCUT2D eigenvalue weighted by Gasteiger charge is -2.09. The lowest BCUT2D eigenvalue weighted by Crippen LogP contribution is -2.17. The number of amides is 2. The molecule has 0 saturated carbocycles. The molecule has 3 aromatic rings. The van der Waals surface area contributed by atoms with Crippen molar-refractivity contribution < 1.29 is 18.7 Å². The third-order valence-electron chi connectivity index (χ3n) is 4.83. The normalized spacial score (nSPS) is 18.5. The molecule has 0 radical (unpaired) electrons. The van der Waals surface area contributed by atoms with Crippen LogP contribution in [0.4, 0.5) is 0 Å². The number of thioether (sulfide) groups is 2. The number of hydrogen-bond acceptors (Lipinski definition) is 9. The molecular formula is C22H13N3O4S4. The SMILES string of the molecule is COc1ccc(-c2cncc3cc(C=C4SC(=S)NC4=O)oc23)cc1/C=C1/SC(=S)NC1=O. The molecule has 2 aliphatic heterocycles. The van der Waals surface area contributed by atoms with E-state index in [1.807, 2.05) is 24.3 Å². The summed E-state index contributed by atoms with van der Waals surface area (Å²) in [7, 11) is 1.57. The van der Waals surface area contributed by atoms with Crippen LogP contribution in [-0.4, -0.2) is 32.5 Å². The maximum Gasteiger partial charge on any atom is 0.263 e. The van der Waals surface area contributed by atoms with Crippen LogP contribution in [0.5, 0.6) is 5.75 Å². The maximum atomic E-state index is 12.1. The second kappa shape index (κ2) is 8.75. The van der Waals surface area contributed by atoms with E-state index in [9.17, 15) is 9.59 Å². The van der Waals surface area contributed by atoms with E-state index in [1.165, 1.54) is 23.5 Å². The average molecular weight is 512 g/mol. The number of benzene rings is 1. The van der Waals surface area contributed by atoms with Gasteiger partial charge in [0.25, 0.3) is 11.8 Å². The number of fused-ring (bicyclic) bond motifs is 1. The summed E-state index contributed by atoms with van der Waals surface area (Å²) in [4.78, 5) is 29.4. The highest BCUT2D eigenvalue weighted by Gasteiger charge is 2.24. The summed E-state index contributed by atoms with van der Waals surface area (Å²) in [6.45, 7) is 0. The topological polar surface area (TPSA) is 93.5 Å². The zero-order valence-corrected chi connectivity index (χ0v) is 20.1. The Kier molecular flexibility index (Phi) is 5.79. The first kappa shape index (κ1) is 21.8. The summed E-state index contributed by atoms with van der Waals surface area (Å²) >= 11 is 12.5. The molecule has 0 bridgehead atoms. The van der Waals surface area contributed by atoms with E-state index in [-0.39, 0.29) is 11.8 Å². The molecule has 33 heavy (non-hydrogen) atoms. The molecule has 7 nitrogen and oxygen atoms in total. The fourth-order valence-electron chi connectivity index (χ4n) is 3.39. The van der Waals surface area contributed by atoms with Gasteiger partial charge in [0.2, 0.25) is 0 Å². The largest absolute Gasteiger partial charge is 0.496 e. The third-order valence-corrected chi connectivity index (χ3v) is 7.15. The van der Waals surface area contributed by atoms with Gasteiger partial charge in [-0.25, -0.2) is 0 Å². The molecule has 2 amide bonds. The molecule has 11 heteroatoms. The van der Waals surface area contributed by atoms with Crippen molar-refractivity contribution in [2.45, 2.75) is 0 Å². The van der Waals surface area contributed by atoms with Gasteiger partial charge < -0.3 is 19.8 Å². The van der Waals surface area contributed by atoms with Crippen LogP contribution in [-0.2, 0) is 9.59 Å². The highest BCUT2D eigenvalue weighted by molar-refractivity contribution is 8.27.